The number of carbonyl (C=O) groups excluding carboxylic acids is 2. The summed E-state index contributed by atoms with van der Waals surface area (Å²) in [5.74, 6) is -0.238. The first-order valence-electron chi connectivity index (χ1n) is 6.80. The molecular weight excluding hydrogens is 246 g/mol. The van der Waals surface area contributed by atoms with Crippen molar-refractivity contribution in [2.24, 2.45) is 11.1 Å². The Morgan fingerprint density at radius 2 is 2.16 bits per heavy atom. The molecule has 6 nitrogen and oxygen atoms in total. The van der Waals surface area contributed by atoms with Crippen molar-refractivity contribution in [3.05, 3.63) is 0 Å². The highest BCUT2D eigenvalue weighted by Crippen LogP contribution is 2.20. The van der Waals surface area contributed by atoms with Crippen LogP contribution in [0, 0.1) is 5.41 Å². The van der Waals surface area contributed by atoms with Gasteiger partial charge in [0.1, 0.15) is 6.04 Å². The highest BCUT2D eigenvalue weighted by molar-refractivity contribution is 5.90. The minimum absolute atomic E-state index is 0.0880. The van der Waals surface area contributed by atoms with E-state index in [0.717, 1.165) is 6.42 Å². The molecule has 2 amide bonds. The van der Waals surface area contributed by atoms with Crippen molar-refractivity contribution in [1.82, 2.24) is 10.2 Å². The van der Waals surface area contributed by atoms with Gasteiger partial charge in [-0.05, 0) is 20.3 Å². The lowest BCUT2D eigenvalue weighted by molar-refractivity contribution is -0.154. The summed E-state index contributed by atoms with van der Waals surface area (Å²) < 4.78 is 5.32. The molecule has 1 aliphatic heterocycles. The van der Waals surface area contributed by atoms with Crippen LogP contribution in [0.3, 0.4) is 0 Å². The van der Waals surface area contributed by atoms with Crippen molar-refractivity contribution in [3.63, 3.8) is 0 Å². The van der Waals surface area contributed by atoms with Crippen molar-refractivity contribution in [2.75, 3.05) is 32.8 Å². The molecule has 0 aromatic carbocycles. The van der Waals surface area contributed by atoms with E-state index >= 15 is 0 Å². The number of amides is 2. The first kappa shape index (κ1) is 15.9. The summed E-state index contributed by atoms with van der Waals surface area (Å²) in [7, 11) is 0. The minimum atomic E-state index is -0.652. The van der Waals surface area contributed by atoms with Crippen LogP contribution in [-0.2, 0) is 14.3 Å². The van der Waals surface area contributed by atoms with E-state index < -0.39 is 11.5 Å². The molecule has 0 aliphatic carbocycles. The van der Waals surface area contributed by atoms with Crippen molar-refractivity contribution >= 4 is 11.8 Å². The molecule has 1 fully saturated rings. The third-order valence-corrected chi connectivity index (χ3v) is 3.33. The summed E-state index contributed by atoms with van der Waals surface area (Å²) in [5, 5.41) is 2.81. The monoisotopic (exact) mass is 271 g/mol. The SMILES string of the molecule is CCCNC(=O)C1COCCN1C(=O)C(C)(C)CN. The van der Waals surface area contributed by atoms with Gasteiger partial charge in [0.25, 0.3) is 0 Å². The molecule has 1 rings (SSSR count). The van der Waals surface area contributed by atoms with Gasteiger partial charge < -0.3 is 20.7 Å². The molecule has 0 radical (unpaired) electrons. The maximum Gasteiger partial charge on any atom is 0.245 e. The van der Waals surface area contributed by atoms with Crippen molar-refractivity contribution in [1.29, 1.82) is 0 Å². The molecule has 1 unspecified atom stereocenters. The van der Waals surface area contributed by atoms with Crippen LogP contribution in [0.4, 0.5) is 0 Å². The number of nitrogens with two attached hydrogens (primary N) is 1. The standard InChI is InChI=1S/C13H25N3O3/c1-4-5-15-11(17)10-8-19-7-6-16(10)12(18)13(2,3)9-14/h10H,4-9,14H2,1-3H3,(H,15,17). The van der Waals surface area contributed by atoms with Crippen molar-refractivity contribution < 1.29 is 14.3 Å². The zero-order valence-corrected chi connectivity index (χ0v) is 12.1. The van der Waals surface area contributed by atoms with E-state index in [9.17, 15) is 9.59 Å². The van der Waals surface area contributed by atoms with E-state index in [-0.39, 0.29) is 25.0 Å². The molecule has 0 aromatic heterocycles. The Labute approximate surface area is 114 Å². The fraction of sp³-hybridized carbons (Fsp3) is 0.846. The number of hydrogen-bond acceptors (Lipinski definition) is 4. The Morgan fingerprint density at radius 3 is 2.74 bits per heavy atom. The lowest BCUT2D eigenvalue weighted by Crippen LogP contribution is -2.59. The molecule has 0 aromatic rings. The molecular formula is C13H25N3O3. The minimum Gasteiger partial charge on any atom is -0.377 e. The van der Waals surface area contributed by atoms with Crippen LogP contribution in [0.1, 0.15) is 27.2 Å². The smallest absolute Gasteiger partial charge is 0.245 e. The molecule has 1 heterocycles. The zero-order valence-electron chi connectivity index (χ0n) is 12.1. The normalized spacial score (nSPS) is 20.2. The second-order valence-corrected chi connectivity index (χ2v) is 5.47. The first-order chi connectivity index (χ1) is 8.94. The molecule has 0 spiro atoms. The number of nitrogens with one attached hydrogen (secondary N) is 1. The Morgan fingerprint density at radius 1 is 1.47 bits per heavy atom. The summed E-state index contributed by atoms with van der Waals surface area (Å²) in [6, 6.07) is -0.543. The average molecular weight is 271 g/mol. The molecule has 0 saturated carbocycles. The highest BCUT2D eigenvalue weighted by atomic mass is 16.5. The lowest BCUT2D eigenvalue weighted by atomic mass is 9.91. The summed E-state index contributed by atoms with van der Waals surface area (Å²) in [6.07, 6.45) is 0.863. The molecule has 1 aliphatic rings. The largest absolute Gasteiger partial charge is 0.377 e. The Hall–Kier alpha value is -1.14. The van der Waals surface area contributed by atoms with E-state index in [1.807, 2.05) is 6.92 Å². The van der Waals surface area contributed by atoms with Gasteiger partial charge in [-0.2, -0.15) is 0 Å². The van der Waals surface area contributed by atoms with Gasteiger partial charge in [-0.25, -0.2) is 0 Å². The number of hydrogen-bond donors (Lipinski definition) is 2. The van der Waals surface area contributed by atoms with Crippen LogP contribution >= 0.6 is 0 Å². The van der Waals surface area contributed by atoms with Crippen LogP contribution in [0.5, 0.6) is 0 Å². The predicted molar refractivity (Wildman–Crippen MR) is 72.5 cm³/mol. The molecule has 19 heavy (non-hydrogen) atoms. The fourth-order valence-electron chi connectivity index (χ4n) is 1.91. The quantitative estimate of drug-likeness (QED) is 0.720. The molecule has 6 heteroatoms. The van der Waals surface area contributed by atoms with Crippen LogP contribution in [0.25, 0.3) is 0 Å². The number of morpholine rings is 1. The van der Waals surface area contributed by atoms with Crippen molar-refractivity contribution in [3.8, 4) is 0 Å². The van der Waals surface area contributed by atoms with Gasteiger partial charge in [-0.3, -0.25) is 9.59 Å². The fourth-order valence-corrected chi connectivity index (χ4v) is 1.91. The lowest BCUT2D eigenvalue weighted by Gasteiger charge is -2.38. The third kappa shape index (κ3) is 3.91. The number of carbonyl (C=O) groups is 2. The maximum absolute atomic E-state index is 12.4. The molecule has 0 bridgehead atoms. The van der Waals surface area contributed by atoms with E-state index in [2.05, 4.69) is 5.32 Å². The number of rotatable bonds is 5. The topological polar surface area (TPSA) is 84.7 Å². The molecule has 110 valence electrons. The van der Waals surface area contributed by atoms with Crippen LogP contribution in [0.15, 0.2) is 0 Å². The molecule has 3 N–H and O–H groups in total. The Bertz CT molecular complexity index is 331. The van der Waals surface area contributed by atoms with Gasteiger partial charge in [0, 0.05) is 19.6 Å². The van der Waals surface area contributed by atoms with Crippen LogP contribution < -0.4 is 11.1 Å². The van der Waals surface area contributed by atoms with Crippen LogP contribution in [0.2, 0.25) is 0 Å². The van der Waals surface area contributed by atoms with E-state index in [1.165, 1.54) is 0 Å². The average Bonchev–Trinajstić information content (AvgIpc) is 2.43. The first-order valence-corrected chi connectivity index (χ1v) is 6.80. The highest BCUT2D eigenvalue weighted by Gasteiger charge is 2.38. The second-order valence-electron chi connectivity index (χ2n) is 5.47. The molecule has 1 atom stereocenters. The number of ether oxygens (including phenoxy) is 1. The van der Waals surface area contributed by atoms with E-state index in [0.29, 0.717) is 19.7 Å². The van der Waals surface area contributed by atoms with Gasteiger partial charge in [-0.15, -0.1) is 0 Å². The summed E-state index contributed by atoms with van der Waals surface area (Å²) >= 11 is 0. The van der Waals surface area contributed by atoms with Gasteiger partial charge in [0.2, 0.25) is 11.8 Å². The van der Waals surface area contributed by atoms with Gasteiger partial charge in [0.15, 0.2) is 0 Å². The van der Waals surface area contributed by atoms with Gasteiger partial charge >= 0.3 is 0 Å². The third-order valence-electron chi connectivity index (χ3n) is 3.33. The van der Waals surface area contributed by atoms with E-state index in [1.54, 1.807) is 18.7 Å². The summed E-state index contributed by atoms with van der Waals surface area (Å²) in [6.45, 7) is 7.60. The maximum atomic E-state index is 12.4. The Balaban J connectivity index is 2.77. The second kappa shape index (κ2) is 6.86. The summed E-state index contributed by atoms with van der Waals surface area (Å²) in [5.41, 5.74) is 4.98. The zero-order chi connectivity index (χ0) is 14.5. The molecule has 1 saturated heterocycles. The summed E-state index contributed by atoms with van der Waals surface area (Å²) in [4.78, 5) is 26.1. The number of nitrogens with zero attached hydrogens (tertiary/aromatic N) is 1. The Kier molecular flexibility index (Phi) is 5.75. The van der Waals surface area contributed by atoms with Gasteiger partial charge in [0.05, 0.1) is 18.6 Å². The van der Waals surface area contributed by atoms with Crippen molar-refractivity contribution in [2.45, 2.75) is 33.2 Å². The van der Waals surface area contributed by atoms with E-state index in [4.69, 9.17) is 10.5 Å². The van der Waals surface area contributed by atoms with Gasteiger partial charge in [-0.1, -0.05) is 6.92 Å². The van der Waals surface area contributed by atoms with Crippen LogP contribution in [-0.4, -0.2) is 55.6 Å². The predicted octanol–water partition coefficient (Wildman–Crippen LogP) is -0.275.